The van der Waals surface area contributed by atoms with Crippen LogP contribution in [0.1, 0.15) is 49.2 Å². The van der Waals surface area contributed by atoms with E-state index >= 15 is 0 Å². The van der Waals surface area contributed by atoms with Gasteiger partial charge in [0.1, 0.15) is 5.01 Å². The molecular formula is C15H20N2O3S. The Morgan fingerprint density at radius 2 is 2.10 bits per heavy atom. The van der Waals surface area contributed by atoms with E-state index in [1.807, 2.05) is 12.3 Å². The molecule has 1 aromatic rings. The van der Waals surface area contributed by atoms with Crippen molar-refractivity contribution >= 4 is 23.2 Å². The number of nitrogens with one attached hydrogen (secondary N) is 1. The Morgan fingerprint density at radius 1 is 1.38 bits per heavy atom. The first-order valence-electron chi connectivity index (χ1n) is 7.48. The van der Waals surface area contributed by atoms with Crippen molar-refractivity contribution in [3.8, 4) is 0 Å². The molecule has 0 saturated heterocycles. The van der Waals surface area contributed by atoms with Crippen molar-refractivity contribution in [1.29, 1.82) is 0 Å². The lowest BCUT2D eigenvalue weighted by Gasteiger charge is -2.41. The number of carbonyl (C=O) groups excluding carboxylic acids is 1. The van der Waals surface area contributed by atoms with Crippen LogP contribution >= 0.6 is 11.3 Å². The highest BCUT2D eigenvalue weighted by Gasteiger charge is 2.44. The summed E-state index contributed by atoms with van der Waals surface area (Å²) >= 11 is 1.60. The lowest BCUT2D eigenvalue weighted by atomic mass is 9.76. The van der Waals surface area contributed by atoms with E-state index in [2.05, 4.69) is 10.3 Å². The minimum absolute atomic E-state index is 0.00584. The van der Waals surface area contributed by atoms with Crippen LogP contribution in [0.4, 0.5) is 0 Å². The van der Waals surface area contributed by atoms with Crippen LogP contribution < -0.4 is 5.32 Å². The summed E-state index contributed by atoms with van der Waals surface area (Å²) in [6.07, 6.45) is 4.71. The molecule has 0 aromatic carbocycles. The van der Waals surface area contributed by atoms with Gasteiger partial charge < -0.3 is 10.4 Å². The Hall–Kier alpha value is -1.43. The van der Waals surface area contributed by atoms with E-state index in [1.165, 1.54) is 0 Å². The Morgan fingerprint density at radius 3 is 2.57 bits per heavy atom. The van der Waals surface area contributed by atoms with Gasteiger partial charge in [0, 0.05) is 17.0 Å². The molecule has 2 atom stereocenters. The minimum atomic E-state index is -0.779. The first-order valence-corrected chi connectivity index (χ1v) is 8.35. The Labute approximate surface area is 127 Å². The van der Waals surface area contributed by atoms with Gasteiger partial charge in [-0.3, -0.25) is 9.59 Å². The first-order chi connectivity index (χ1) is 10.00. The number of aromatic nitrogens is 1. The quantitative estimate of drug-likeness (QED) is 0.895. The average Bonchev–Trinajstić information content (AvgIpc) is 3.02. The topological polar surface area (TPSA) is 79.3 Å². The van der Waals surface area contributed by atoms with Crippen molar-refractivity contribution in [2.45, 2.75) is 51.0 Å². The van der Waals surface area contributed by atoms with Crippen molar-refractivity contribution in [3.63, 3.8) is 0 Å². The molecular weight excluding hydrogens is 288 g/mol. The third-order valence-electron chi connectivity index (χ3n) is 4.75. The summed E-state index contributed by atoms with van der Waals surface area (Å²) in [6, 6.07) is 0. The standard InChI is InChI=1S/C15H20N2O3S/c1-9-8-21-14(16-9)15(5-2-6-15)17-12(18)10-3-4-11(7-10)13(19)20/h8,10-11H,2-7H2,1H3,(H,17,18)(H,19,20)/t10-,11+/m1/s1. The number of rotatable bonds is 4. The Bertz CT molecular complexity index is 565. The molecule has 1 aromatic heterocycles. The normalized spacial score (nSPS) is 27.1. The predicted octanol–water partition coefficient (Wildman–Crippen LogP) is 2.45. The van der Waals surface area contributed by atoms with Crippen molar-refractivity contribution in [2.75, 3.05) is 0 Å². The highest BCUT2D eigenvalue weighted by atomic mass is 32.1. The van der Waals surface area contributed by atoms with E-state index in [0.29, 0.717) is 19.3 Å². The fraction of sp³-hybridized carbons (Fsp3) is 0.667. The van der Waals surface area contributed by atoms with E-state index in [4.69, 9.17) is 5.11 Å². The predicted molar refractivity (Wildman–Crippen MR) is 79.0 cm³/mol. The summed E-state index contributed by atoms with van der Waals surface area (Å²) < 4.78 is 0. The lowest BCUT2D eigenvalue weighted by molar-refractivity contribution is -0.141. The SMILES string of the molecule is Cc1csc(C2(NC(=O)[C@@H]3CC[C@H](C(=O)O)C3)CCC2)n1. The third kappa shape index (κ3) is 2.69. The van der Waals surface area contributed by atoms with E-state index < -0.39 is 5.97 Å². The van der Waals surface area contributed by atoms with Gasteiger partial charge in [-0.15, -0.1) is 11.3 Å². The fourth-order valence-corrected chi connectivity index (χ4v) is 4.29. The van der Waals surface area contributed by atoms with Crippen molar-refractivity contribution in [2.24, 2.45) is 11.8 Å². The molecule has 0 unspecified atom stereocenters. The second-order valence-electron chi connectivity index (χ2n) is 6.26. The number of aryl methyl sites for hydroxylation is 1. The van der Waals surface area contributed by atoms with E-state index in [1.54, 1.807) is 11.3 Å². The maximum Gasteiger partial charge on any atom is 0.306 e. The number of thiazole rings is 1. The summed E-state index contributed by atoms with van der Waals surface area (Å²) in [4.78, 5) is 28.0. The van der Waals surface area contributed by atoms with Gasteiger partial charge in [0.25, 0.3) is 0 Å². The van der Waals surface area contributed by atoms with Gasteiger partial charge in [-0.1, -0.05) is 0 Å². The molecule has 3 rings (SSSR count). The van der Waals surface area contributed by atoms with Crippen molar-refractivity contribution in [1.82, 2.24) is 10.3 Å². The molecule has 5 nitrogen and oxygen atoms in total. The summed E-state index contributed by atoms with van der Waals surface area (Å²) in [5.41, 5.74) is 0.694. The zero-order chi connectivity index (χ0) is 15.0. The largest absolute Gasteiger partial charge is 0.481 e. The maximum atomic E-state index is 12.5. The smallest absolute Gasteiger partial charge is 0.306 e. The summed E-state index contributed by atoms with van der Waals surface area (Å²) in [6.45, 7) is 1.96. The molecule has 0 spiro atoms. The summed E-state index contributed by atoms with van der Waals surface area (Å²) in [5.74, 6) is -1.30. The maximum absolute atomic E-state index is 12.5. The molecule has 6 heteroatoms. The highest BCUT2D eigenvalue weighted by molar-refractivity contribution is 7.09. The molecule has 2 saturated carbocycles. The molecule has 2 N–H and O–H groups in total. The minimum Gasteiger partial charge on any atom is -0.481 e. The molecule has 114 valence electrons. The van der Waals surface area contributed by atoms with Crippen molar-refractivity contribution in [3.05, 3.63) is 16.1 Å². The highest BCUT2D eigenvalue weighted by Crippen LogP contribution is 2.43. The number of nitrogens with zero attached hydrogens (tertiary/aromatic N) is 1. The number of amides is 1. The van der Waals surface area contributed by atoms with Crippen LogP contribution in [-0.4, -0.2) is 22.0 Å². The van der Waals surface area contributed by atoms with Crippen LogP contribution in [0.25, 0.3) is 0 Å². The number of aliphatic carboxylic acids is 1. The second-order valence-corrected chi connectivity index (χ2v) is 7.12. The molecule has 1 amide bonds. The van der Waals surface area contributed by atoms with Gasteiger partial charge in [0.15, 0.2) is 0 Å². The molecule has 2 aliphatic carbocycles. The zero-order valence-electron chi connectivity index (χ0n) is 12.1. The zero-order valence-corrected chi connectivity index (χ0v) is 12.9. The Kier molecular flexibility index (Phi) is 3.73. The van der Waals surface area contributed by atoms with Gasteiger partial charge in [0.2, 0.25) is 5.91 Å². The molecule has 2 fully saturated rings. The number of hydrogen-bond donors (Lipinski definition) is 2. The van der Waals surface area contributed by atoms with E-state index in [9.17, 15) is 9.59 Å². The molecule has 0 bridgehead atoms. The number of carbonyl (C=O) groups is 2. The average molecular weight is 308 g/mol. The third-order valence-corrected chi connectivity index (χ3v) is 5.91. The van der Waals surface area contributed by atoms with E-state index in [0.717, 1.165) is 30.0 Å². The van der Waals surface area contributed by atoms with Crippen LogP contribution in [0.3, 0.4) is 0 Å². The molecule has 2 aliphatic rings. The monoisotopic (exact) mass is 308 g/mol. The van der Waals surface area contributed by atoms with Crippen LogP contribution in [-0.2, 0) is 15.1 Å². The number of carboxylic acids is 1. The van der Waals surface area contributed by atoms with Crippen molar-refractivity contribution < 1.29 is 14.7 Å². The number of hydrogen-bond acceptors (Lipinski definition) is 4. The molecule has 0 radical (unpaired) electrons. The van der Waals surface area contributed by atoms with Crippen LogP contribution in [0.15, 0.2) is 5.38 Å². The van der Waals surface area contributed by atoms with Gasteiger partial charge in [-0.25, -0.2) is 4.98 Å². The second kappa shape index (κ2) is 5.40. The van der Waals surface area contributed by atoms with Gasteiger partial charge in [-0.2, -0.15) is 0 Å². The first kappa shape index (κ1) is 14.5. The lowest BCUT2D eigenvalue weighted by Crippen LogP contribution is -2.52. The Balaban J connectivity index is 1.68. The molecule has 1 heterocycles. The van der Waals surface area contributed by atoms with Crippen LogP contribution in [0.2, 0.25) is 0 Å². The summed E-state index contributed by atoms with van der Waals surface area (Å²) in [5, 5.41) is 15.2. The van der Waals surface area contributed by atoms with Crippen LogP contribution in [0, 0.1) is 18.8 Å². The van der Waals surface area contributed by atoms with Gasteiger partial charge >= 0.3 is 5.97 Å². The van der Waals surface area contributed by atoms with Gasteiger partial charge in [0.05, 0.1) is 11.5 Å². The van der Waals surface area contributed by atoms with Crippen LogP contribution in [0.5, 0.6) is 0 Å². The summed E-state index contributed by atoms with van der Waals surface area (Å²) in [7, 11) is 0. The molecule has 0 aliphatic heterocycles. The molecule has 21 heavy (non-hydrogen) atoms. The van der Waals surface area contributed by atoms with Gasteiger partial charge in [-0.05, 0) is 45.4 Å². The van der Waals surface area contributed by atoms with E-state index in [-0.39, 0.29) is 23.3 Å². The fourth-order valence-electron chi connectivity index (χ4n) is 3.28. The number of carboxylic acid groups (broad SMARTS) is 1.